The van der Waals surface area contributed by atoms with Gasteiger partial charge in [-0.25, -0.2) is 4.85 Å². The second kappa shape index (κ2) is 9.19. The zero-order chi connectivity index (χ0) is 23.6. The molecule has 1 aliphatic rings. The first-order valence-corrected chi connectivity index (χ1v) is 11.9. The molecule has 33 heavy (non-hydrogen) atoms. The minimum Gasteiger partial charge on any atom is -0.322 e. The van der Waals surface area contributed by atoms with E-state index >= 15 is 0 Å². The predicted molar refractivity (Wildman–Crippen MR) is 129 cm³/mol. The topological polar surface area (TPSA) is 87.0 Å². The van der Waals surface area contributed by atoms with Gasteiger partial charge in [0.15, 0.2) is 5.69 Å². The van der Waals surface area contributed by atoms with E-state index in [4.69, 9.17) is 18.2 Å². The van der Waals surface area contributed by atoms with Crippen molar-refractivity contribution < 1.29 is 13.2 Å². The summed E-state index contributed by atoms with van der Waals surface area (Å²) in [5.41, 5.74) is 2.96. The van der Waals surface area contributed by atoms with E-state index in [0.717, 1.165) is 6.42 Å². The number of hydrogen-bond acceptors (Lipinski definition) is 4. The largest absolute Gasteiger partial charge is 0.322 e. The molecule has 0 atom stereocenters. The number of anilines is 2. The van der Waals surface area contributed by atoms with E-state index in [0.29, 0.717) is 52.0 Å². The number of pyridine rings is 1. The van der Waals surface area contributed by atoms with Crippen molar-refractivity contribution in [2.24, 2.45) is 0 Å². The molecule has 0 unspecified atom stereocenters. The lowest BCUT2D eigenvalue weighted by molar-refractivity contribution is 0.102. The van der Waals surface area contributed by atoms with Gasteiger partial charge in [-0.3, -0.25) is 14.1 Å². The Balaban J connectivity index is 1.54. The first kappa shape index (κ1) is 22.7. The van der Waals surface area contributed by atoms with Crippen LogP contribution in [0, 0.1) is 6.57 Å². The molecule has 0 saturated carbocycles. The molecule has 0 radical (unpaired) electrons. The fraction of sp³-hybridized carbons (Fsp3) is 0.174. The number of nitrogens with zero attached hydrogens (tertiary/aromatic N) is 4. The molecule has 1 N–H and O–H groups in total. The van der Waals surface area contributed by atoms with Gasteiger partial charge in [-0.05, 0) is 61.0 Å². The Labute approximate surface area is 197 Å². The smallest absolute Gasteiger partial charge is 0.303 e. The van der Waals surface area contributed by atoms with Gasteiger partial charge in [0, 0.05) is 43.1 Å². The van der Waals surface area contributed by atoms with Crippen LogP contribution in [-0.4, -0.2) is 43.8 Å². The quantitative estimate of drug-likeness (QED) is 0.552. The van der Waals surface area contributed by atoms with Crippen molar-refractivity contribution in [3.8, 4) is 11.3 Å². The van der Waals surface area contributed by atoms with Gasteiger partial charge in [0.05, 0.1) is 23.0 Å². The summed E-state index contributed by atoms with van der Waals surface area (Å²) in [6, 6.07) is 14.7. The van der Waals surface area contributed by atoms with Crippen LogP contribution < -0.4 is 9.62 Å². The molecule has 8 nitrogen and oxygen atoms in total. The zero-order valence-electron chi connectivity index (χ0n) is 17.7. The fourth-order valence-electron chi connectivity index (χ4n) is 3.52. The third kappa shape index (κ3) is 4.68. The molecule has 0 aliphatic carbocycles. The molecule has 168 valence electrons. The maximum Gasteiger partial charge on any atom is 0.303 e. The lowest BCUT2D eigenvalue weighted by Crippen LogP contribution is -2.47. The number of carbonyl (C=O) groups is 1. The van der Waals surface area contributed by atoms with Gasteiger partial charge in [-0.15, -0.1) is 0 Å². The van der Waals surface area contributed by atoms with Crippen molar-refractivity contribution in [2.75, 3.05) is 29.8 Å². The van der Waals surface area contributed by atoms with Crippen LogP contribution in [0.15, 0.2) is 60.8 Å². The van der Waals surface area contributed by atoms with Crippen LogP contribution >= 0.6 is 11.6 Å². The van der Waals surface area contributed by atoms with E-state index in [-0.39, 0.29) is 5.91 Å². The number of aromatic nitrogens is 1. The van der Waals surface area contributed by atoms with Crippen LogP contribution in [-0.2, 0) is 10.2 Å². The maximum atomic E-state index is 12.8. The first-order valence-electron chi connectivity index (χ1n) is 10.1. The van der Waals surface area contributed by atoms with Gasteiger partial charge in [-0.2, -0.15) is 12.7 Å². The molecule has 2 aromatic carbocycles. The van der Waals surface area contributed by atoms with Crippen LogP contribution in [0.25, 0.3) is 16.1 Å². The van der Waals surface area contributed by atoms with Crippen molar-refractivity contribution in [3.05, 3.63) is 82.8 Å². The van der Waals surface area contributed by atoms with Gasteiger partial charge in [0.25, 0.3) is 5.91 Å². The molecule has 3 aromatic rings. The summed E-state index contributed by atoms with van der Waals surface area (Å²) < 4.78 is 27.7. The summed E-state index contributed by atoms with van der Waals surface area (Å²) in [5, 5.41) is 3.26. The Bertz CT molecular complexity index is 1350. The lowest BCUT2D eigenvalue weighted by Gasteiger charge is -2.33. The van der Waals surface area contributed by atoms with Gasteiger partial charge >= 0.3 is 10.2 Å². The number of carbonyl (C=O) groups excluding carboxylic acids is 1. The minimum absolute atomic E-state index is 0.351. The molecule has 1 aliphatic heterocycles. The van der Waals surface area contributed by atoms with Crippen LogP contribution in [0.2, 0.25) is 5.02 Å². The average Bonchev–Trinajstić information content (AvgIpc) is 2.82. The predicted octanol–water partition coefficient (Wildman–Crippen LogP) is 4.59. The Morgan fingerprint density at radius 1 is 1.12 bits per heavy atom. The highest BCUT2D eigenvalue weighted by Crippen LogP contribution is 2.31. The molecule has 0 spiro atoms. The van der Waals surface area contributed by atoms with Crippen LogP contribution in [0.1, 0.15) is 16.8 Å². The van der Waals surface area contributed by atoms with Gasteiger partial charge in [0.2, 0.25) is 0 Å². The molecule has 4 rings (SSSR count). The summed E-state index contributed by atoms with van der Waals surface area (Å²) in [6.45, 7) is 8.05. The van der Waals surface area contributed by atoms with Gasteiger partial charge in [-0.1, -0.05) is 11.6 Å². The maximum absolute atomic E-state index is 12.8. The molecular weight excluding hydrogens is 462 g/mol. The number of amides is 1. The van der Waals surface area contributed by atoms with E-state index in [9.17, 15) is 13.2 Å². The van der Waals surface area contributed by atoms with Crippen LogP contribution in [0.5, 0.6) is 0 Å². The van der Waals surface area contributed by atoms with Crippen LogP contribution in [0.4, 0.5) is 17.1 Å². The normalized spacial score (nSPS) is 15.6. The third-order valence-corrected chi connectivity index (χ3v) is 7.55. The Morgan fingerprint density at radius 2 is 1.88 bits per heavy atom. The fourth-order valence-corrected chi connectivity index (χ4v) is 5.17. The summed E-state index contributed by atoms with van der Waals surface area (Å²) in [7, 11) is -2.00. The molecule has 1 amide bonds. The van der Waals surface area contributed by atoms with E-state index in [2.05, 4.69) is 15.1 Å². The summed E-state index contributed by atoms with van der Waals surface area (Å²) in [4.78, 5) is 20.4. The average molecular weight is 482 g/mol. The molecule has 1 fully saturated rings. The molecule has 10 heteroatoms. The van der Waals surface area contributed by atoms with Gasteiger partial charge in [0.1, 0.15) is 0 Å². The van der Waals surface area contributed by atoms with Crippen molar-refractivity contribution in [1.82, 2.24) is 9.29 Å². The number of rotatable bonds is 4. The molecule has 1 saturated heterocycles. The number of halogens is 1. The SMILES string of the molecule is [C-]#[N+]c1ccnc(-c2cc(NC(=O)c3ccc(N4CCCN(C)S4(=O)=O)cc3)ccc2Cl)c1. The number of hydrogen-bond donors (Lipinski definition) is 1. The van der Waals surface area contributed by atoms with Crippen LogP contribution in [0.3, 0.4) is 0 Å². The van der Waals surface area contributed by atoms with Crippen molar-refractivity contribution in [2.45, 2.75) is 6.42 Å². The molecule has 1 aromatic heterocycles. The van der Waals surface area contributed by atoms with E-state index < -0.39 is 10.2 Å². The van der Waals surface area contributed by atoms with Gasteiger partial charge < -0.3 is 5.32 Å². The first-order chi connectivity index (χ1) is 15.8. The second-order valence-electron chi connectivity index (χ2n) is 7.46. The second-order valence-corrected chi connectivity index (χ2v) is 9.83. The summed E-state index contributed by atoms with van der Waals surface area (Å²) >= 11 is 6.32. The highest BCUT2D eigenvalue weighted by Gasteiger charge is 2.31. The summed E-state index contributed by atoms with van der Waals surface area (Å²) in [5.74, 6) is -0.351. The standard InChI is InChI=1S/C23H20ClN5O3S/c1-25-17-10-11-26-22(15-17)20-14-18(6-9-21(20)24)27-23(30)16-4-7-19(8-5-16)29-13-3-12-28(2)33(29,31)32/h4-11,14-15H,3,12-13H2,2H3,(H,27,30). The zero-order valence-corrected chi connectivity index (χ0v) is 19.3. The minimum atomic E-state index is -3.55. The molecular formula is C23H20ClN5O3S. The Kier molecular flexibility index (Phi) is 6.33. The van der Waals surface area contributed by atoms with E-state index in [1.54, 1.807) is 61.6 Å². The summed E-state index contributed by atoms with van der Waals surface area (Å²) in [6.07, 6.45) is 2.26. The van der Waals surface area contributed by atoms with E-state index in [1.807, 2.05) is 0 Å². The Morgan fingerprint density at radius 3 is 2.61 bits per heavy atom. The van der Waals surface area contributed by atoms with E-state index in [1.165, 1.54) is 14.8 Å². The van der Waals surface area contributed by atoms with Crippen molar-refractivity contribution in [3.63, 3.8) is 0 Å². The monoisotopic (exact) mass is 481 g/mol. The molecule has 0 bridgehead atoms. The molecule has 2 heterocycles. The third-order valence-electron chi connectivity index (χ3n) is 5.30. The van der Waals surface area contributed by atoms with Crippen molar-refractivity contribution >= 4 is 44.8 Å². The highest BCUT2D eigenvalue weighted by atomic mass is 35.5. The number of benzene rings is 2. The lowest BCUT2D eigenvalue weighted by atomic mass is 10.1. The van der Waals surface area contributed by atoms with Crippen molar-refractivity contribution in [1.29, 1.82) is 0 Å². The number of nitrogens with one attached hydrogen (secondary N) is 1. The highest BCUT2D eigenvalue weighted by molar-refractivity contribution is 7.90. The Hall–Kier alpha value is -3.45.